The van der Waals surface area contributed by atoms with E-state index >= 15 is 0 Å². The maximum atomic E-state index is 11.6. The van der Waals surface area contributed by atoms with Gasteiger partial charge in [-0.1, -0.05) is 30.3 Å². The van der Waals surface area contributed by atoms with Gasteiger partial charge in [0.15, 0.2) is 0 Å². The molecular weight excluding hydrogens is 380 g/mol. The summed E-state index contributed by atoms with van der Waals surface area (Å²) in [6.07, 6.45) is 4.30. The highest BCUT2D eigenvalue weighted by Crippen LogP contribution is 2.39. The number of likely N-dealkylation sites (tertiary alicyclic amines) is 1. The zero-order valence-corrected chi connectivity index (χ0v) is 18.0. The Hall–Kier alpha value is -2.15. The van der Waals surface area contributed by atoms with Gasteiger partial charge in [-0.05, 0) is 42.7 Å². The van der Waals surface area contributed by atoms with Crippen molar-refractivity contribution >= 4 is 16.7 Å². The Labute approximate surface area is 178 Å². The number of nitrogens with one attached hydrogen (secondary N) is 1. The first-order valence-electron chi connectivity index (χ1n) is 10.8. The topological polar surface area (TPSA) is 60.0 Å². The number of carbonyl (C=O) groups is 1. The van der Waals surface area contributed by atoms with Crippen LogP contribution in [0.1, 0.15) is 31.2 Å². The van der Waals surface area contributed by atoms with Gasteiger partial charge in [0.25, 0.3) is 0 Å². The van der Waals surface area contributed by atoms with Crippen LogP contribution in [-0.2, 0) is 20.8 Å². The van der Waals surface area contributed by atoms with Crippen molar-refractivity contribution in [3.63, 3.8) is 0 Å². The lowest BCUT2D eigenvalue weighted by atomic mass is 9.88. The van der Waals surface area contributed by atoms with Crippen LogP contribution < -0.4 is 10.1 Å². The Morgan fingerprint density at radius 2 is 1.90 bits per heavy atom. The van der Waals surface area contributed by atoms with Crippen molar-refractivity contribution in [1.82, 2.24) is 10.2 Å². The molecular formula is C24H32N2O4. The third-order valence-corrected chi connectivity index (χ3v) is 6.50. The van der Waals surface area contributed by atoms with Crippen LogP contribution in [0.15, 0.2) is 36.4 Å². The SMILES string of the molecule is COCC(=O)NCC1CCC2(CCN(Cc3ccc(OC)c4ccccc34)CC2)O1. The lowest BCUT2D eigenvalue weighted by molar-refractivity contribution is -0.126. The molecule has 0 bridgehead atoms. The van der Waals surface area contributed by atoms with E-state index in [1.807, 2.05) is 0 Å². The second kappa shape index (κ2) is 9.33. The average Bonchev–Trinajstić information content (AvgIpc) is 3.17. The van der Waals surface area contributed by atoms with Crippen molar-refractivity contribution in [2.75, 3.05) is 40.5 Å². The number of hydrogen-bond donors (Lipinski definition) is 1. The first-order chi connectivity index (χ1) is 14.6. The Bertz CT molecular complexity index is 877. The number of nitrogens with zero attached hydrogens (tertiary/aromatic N) is 1. The molecule has 162 valence electrons. The minimum absolute atomic E-state index is 0.0187. The number of amides is 1. The Kier molecular flexibility index (Phi) is 6.56. The van der Waals surface area contributed by atoms with Gasteiger partial charge in [0, 0.05) is 38.7 Å². The van der Waals surface area contributed by atoms with Crippen molar-refractivity contribution in [3.05, 3.63) is 42.0 Å². The number of rotatable bonds is 7. The van der Waals surface area contributed by atoms with Crippen molar-refractivity contribution in [2.45, 2.75) is 43.9 Å². The van der Waals surface area contributed by atoms with Crippen molar-refractivity contribution in [3.8, 4) is 5.75 Å². The summed E-state index contributed by atoms with van der Waals surface area (Å²) < 4.78 is 16.8. The van der Waals surface area contributed by atoms with Gasteiger partial charge in [-0.3, -0.25) is 9.69 Å². The second-order valence-corrected chi connectivity index (χ2v) is 8.45. The van der Waals surface area contributed by atoms with E-state index in [0.717, 1.165) is 51.1 Å². The Morgan fingerprint density at radius 1 is 1.13 bits per heavy atom. The highest BCUT2D eigenvalue weighted by Gasteiger charge is 2.42. The molecule has 1 spiro atoms. The van der Waals surface area contributed by atoms with Crippen molar-refractivity contribution < 1.29 is 19.0 Å². The molecule has 2 heterocycles. The molecule has 1 atom stereocenters. The van der Waals surface area contributed by atoms with Crippen LogP contribution >= 0.6 is 0 Å². The molecule has 0 aliphatic carbocycles. The van der Waals surface area contributed by atoms with Gasteiger partial charge in [-0.25, -0.2) is 0 Å². The molecule has 2 aromatic carbocycles. The van der Waals surface area contributed by atoms with E-state index in [1.165, 1.54) is 23.4 Å². The standard InChI is InChI=1S/C24H32N2O4/c1-28-17-23(27)25-15-19-9-10-24(30-19)11-13-26(14-12-24)16-18-7-8-22(29-2)21-6-4-3-5-20(18)21/h3-8,19H,9-17H2,1-2H3,(H,25,27). The zero-order valence-electron chi connectivity index (χ0n) is 18.0. The largest absolute Gasteiger partial charge is 0.496 e. The predicted molar refractivity (Wildman–Crippen MR) is 117 cm³/mol. The lowest BCUT2D eigenvalue weighted by Crippen LogP contribution is -2.45. The van der Waals surface area contributed by atoms with E-state index in [2.05, 4.69) is 46.6 Å². The van der Waals surface area contributed by atoms with Crippen molar-refractivity contribution in [2.24, 2.45) is 0 Å². The van der Waals surface area contributed by atoms with E-state index < -0.39 is 0 Å². The summed E-state index contributed by atoms with van der Waals surface area (Å²) in [6, 6.07) is 12.7. The maximum absolute atomic E-state index is 11.6. The third-order valence-electron chi connectivity index (χ3n) is 6.50. The molecule has 1 unspecified atom stereocenters. The Balaban J connectivity index is 1.33. The summed E-state index contributed by atoms with van der Waals surface area (Å²) in [5, 5.41) is 5.34. The van der Waals surface area contributed by atoms with Crippen LogP contribution in [0.5, 0.6) is 5.75 Å². The van der Waals surface area contributed by atoms with Crippen LogP contribution in [0, 0.1) is 0 Å². The number of carbonyl (C=O) groups excluding carboxylic acids is 1. The van der Waals surface area contributed by atoms with Crippen molar-refractivity contribution in [1.29, 1.82) is 0 Å². The molecule has 2 aliphatic heterocycles. The molecule has 2 fully saturated rings. The predicted octanol–water partition coefficient (Wildman–Crippen LogP) is 3.12. The number of benzene rings is 2. The van der Waals surface area contributed by atoms with Gasteiger partial charge >= 0.3 is 0 Å². The number of hydrogen-bond acceptors (Lipinski definition) is 5. The molecule has 2 aromatic rings. The van der Waals surface area contributed by atoms with Gasteiger partial charge in [-0.15, -0.1) is 0 Å². The molecule has 0 aromatic heterocycles. The molecule has 30 heavy (non-hydrogen) atoms. The summed E-state index contributed by atoms with van der Waals surface area (Å²) in [7, 11) is 3.26. The zero-order chi connectivity index (χ0) is 21.0. The Morgan fingerprint density at radius 3 is 2.63 bits per heavy atom. The molecule has 6 nitrogen and oxygen atoms in total. The minimum atomic E-state index is -0.0800. The van der Waals surface area contributed by atoms with Gasteiger partial charge in [0.05, 0.1) is 18.8 Å². The van der Waals surface area contributed by atoms with Gasteiger partial charge < -0.3 is 19.5 Å². The normalized spacial score (nSPS) is 21.2. The highest BCUT2D eigenvalue weighted by molar-refractivity contribution is 5.91. The van der Waals surface area contributed by atoms with Gasteiger partial charge in [-0.2, -0.15) is 0 Å². The fourth-order valence-electron chi connectivity index (χ4n) is 4.83. The molecule has 1 N–H and O–H groups in total. The number of piperidine rings is 1. The molecule has 6 heteroatoms. The van der Waals surface area contributed by atoms with E-state index in [0.29, 0.717) is 6.54 Å². The van der Waals surface area contributed by atoms with Crippen LogP contribution in [0.25, 0.3) is 10.8 Å². The van der Waals surface area contributed by atoms with E-state index in [4.69, 9.17) is 14.2 Å². The summed E-state index contributed by atoms with van der Waals surface area (Å²) in [5.41, 5.74) is 1.32. The molecule has 4 rings (SSSR count). The average molecular weight is 413 g/mol. The molecule has 1 amide bonds. The van der Waals surface area contributed by atoms with Crippen LogP contribution in [0.3, 0.4) is 0 Å². The first kappa shape index (κ1) is 21.1. The smallest absolute Gasteiger partial charge is 0.246 e. The minimum Gasteiger partial charge on any atom is -0.496 e. The molecule has 0 radical (unpaired) electrons. The monoisotopic (exact) mass is 412 g/mol. The van der Waals surface area contributed by atoms with Gasteiger partial charge in [0.1, 0.15) is 12.4 Å². The second-order valence-electron chi connectivity index (χ2n) is 8.45. The van der Waals surface area contributed by atoms with Crippen LogP contribution in [0.4, 0.5) is 0 Å². The fraction of sp³-hybridized carbons (Fsp3) is 0.542. The number of ether oxygens (including phenoxy) is 3. The maximum Gasteiger partial charge on any atom is 0.246 e. The van der Waals surface area contributed by atoms with Crippen LogP contribution in [0.2, 0.25) is 0 Å². The third kappa shape index (κ3) is 4.61. The van der Waals surface area contributed by atoms with Crippen LogP contribution in [-0.4, -0.2) is 63.0 Å². The summed E-state index contributed by atoms with van der Waals surface area (Å²) >= 11 is 0. The summed E-state index contributed by atoms with van der Waals surface area (Å²) in [6.45, 7) is 3.68. The summed E-state index contributed by atoms with van der Waals surface area (Å²) in [4.78, 5) is 14.1. The van der Waals surface area contributed by atoms with Gasteiger partial charge in [0.2, 0.25) is 5.91 Å². The first-order valence-corrected chi connectivity index (χ1v) is 10.8. The number of methoxy groups -OCH3 is 2. The fourth-order valence-corrected chi connectivity index (χ4v) is 4.83. The highest BCUT2D eigenvalue weighted by atomic mass is 16.5. The molecule has 2 saturated heterocycles. The molecule has 0 saturated carbocycles. The summed E-state index contributed by atoms with van der Waals surface area (Å²) in [5.74, 6) is 0.846. The quantitative estimate of drug-likeness (QED) is 0.757. The molecule has 2 aliphatic rings. The van der Waals surface area contributed by atoms with E-state index in [-0.39, 0.29) is 24.2 Å². The van der Waals surface area contributed by atoms with E-state index in [9.17, 15) is 4.79 Å². The lowest BCUT2D eigenvalue weighted by Gasteiger charge is -2.39. The number of fused-ring (bicyclic) bond motifs is 1. The van der Waals surface area contributed by atoms with E-state index in [1.54, 1.807) is 7.11 Å².